The van der Waals surface area contributed by atoms with E-state index in [-0.39, 0.29) is 11.8 Å². The van der Waals surface area contributed by atoms with Gasteiger partial charge in [-0.1, -0.05) is 11.6 Å². The van der Waals surface area contributed by atoms with Crippen LogP contribution in [0.5, 0.6) is 11.5 Å². The monoisotopic (exact) mass is 312 g/mol. The van der Waals surface area contributed by atoms with E-state index < -0.39 is 5.97 Å². The quantitative estimate of drug-likeness (QED) is 0.793. The Kier molecular flexibility index (Phi) is 5.34. The van der Waals surface area contributed by atoms with E-state index in [2.05, 4.69) is 0 Å². The maximum absolute atomic E-state index is 10.9. The number of carboxylic acid groups (broad SMARTS) is 1. The highest BCUT2D eigenvalue weighted by atomic mass is 35.5. The number of hydrogen-bond acceptors (Lipinski definition) is 3. The van der Waals surface area contributed by atoms with Crippen molar-refractivity contribution in [3.8, 4) is 11.5 Å². The zero-order valence-electron chi connectivity index (χ0n) is 12.4. The minimum Gasteiger partial charge on any atom is -0.493 e. The van der Waals surface area contributed by atoms with Gasteiger partial charge in [0, 0.05) is 6.07 Å². The zero-order chi connectivity index (χ0) is 15.4. The molecule has 1 fully saturated rings. The van der Waals surface area contributed by atoms with Crippen molar-refractivity contribution in [1.82, 2.24) is 0 Å². The van der Waals surface area contributed by atoms with Gasteiger partial charge in [-0.3, -0.25) is 4.79 Å². The van der Waals surface area contributed by atoms with Gasteiger partial charge in [-0.2, -0.15) is 0 Å². The second kappa shape index (κ2) is 7.03. The van der Waals surface area contributed by atoms with Crippen molar-refractivity contribution >= 4 is 17.6 Å². The van der Waals surface area contributed by atoms with Crippen LogP contribution < -0.4 is 9.47 Å². The van der Waals surface area contributed by atoms with Crippen molar-refractivity contribution in [1.29, 1.82) is 0 Å². The van der Waals surface area contributed by atoms with Crippen molar-refractivity contribution in [2.45, 2.75) is 33.1 Å². The van der Waals surface area contributed by atoms with Gasteiger partial charge in [-0.15, -0.1) is 0 Å². The summed E-state index contributed by atoms with van der Waals surface area (Å²) in [4.78, 5) is 10.9. The molecule has 2 rings (SSSR count). The van der Waals surface area contributed by atoms with Gasteiger partial charge in [0.05, 0.1) is 24.2 Å². The minimum absolute atomic E-state index is 0.168. The molecule has 5 heteroatoms. The fraction of sp³-hybridized carbons (Fsp3) is 0.562. The summed E-state index contributed by atoms with van der Waals surface area (Å²) in [5, 5.41) is 9.51. The number of ether oxygens (including phenoxy) is 2. The highest BCUT2D eigenvalue weighted by molar-refractivity contribution is 6.32. The Balaban J connectivity index is 2.06. The Labute approximate surface area is 130 Å². The molecule has 0 spiro atoms. The molecular weight excluding hydrogens is 292 g/mol. The molecule has 21 heavy (non-hydrogen) atoms. The molecule has 1 aromatic rings. The molecule has 4 nitrogen and oxygen atoms in total. The summed E-state index contributed by atoms with van der Waals surface area (Å²) in [6.07, 6.45) is 2.40. The Morgan fingerprint density at radius 2 is 1.95 bits per heavy atom. The van der Waals surface area contributed by atoms with Crippen molar-refractivity contribution < 1.29 is 19.4 Å². The lowest BCUT2D eigenvalue weighted by Gasteiger charge is -2.14. The van der Waals surface area contributed by atoms with Crippen molar-refractivity contribution in [3.63, 3.8) is 0 Å². The molecule has 0 amide bonds. The molecule has 2 unspecified atom stereocenters. The van der Waals surface area contributed by atoms with Crippen LogP contribution in [-0.2, 0) is 11.2 Å². The number of benzene rings is 1. The molecule has 1 aromatic carbocycles. The topological polar surface area (TPSA) is 55.8 Å². The molecular formula is C16H21ClO4. The summed E-state index contributed by atoms with van der Waals surface area (Å²) in [5.74, 6) is 0.829. The molecule has 1 aliphatic carbocycles. The normalized spacial score (nSPS) is 20.1. The van der Waals surface area contributed by atoms with Crippen LogP contribution in [0.4, 0.5) is 0 Å². The molecule has 1 saturated carbocycles. The molecule has 1 aliphatic rings. The third kappa shape index (κ3) is 4.03. The smallest absolute Gasteiger partial charge is 0.306 e. The minimum atomic E-state index is -0.685. The first-order valence-electron chi connectivity index (χ1n) is 7.37. The van der Waals surface area contributed by atoms with Crippen molar-refractivity contribution in [2.75, 3.05) is 13.2 Å². The van der Waals surface area contributed by atoms with Gasteiger partial charge in [0.1, 0.15) is 11.5 Å². The zero-order valence-corrected chi connectivity index (χ0v) is 13.2. The lowest BCUT2D eigenvalue weighted by Crippen LogP contribution is -2.02. The van der Waals surface area contributed by atoms with Gasteiger partial charge in [-0.05, 0) is 50.7 Å². The Morgan fingerprint density at radius 3 is 2.52 bits per heavy atom. The maximum atomic E-state index is 10.9. The third-order valence-corrected chi connectivity index (χ3v) is 4.03. The van der Waals surface area contributed by atoms with E-state index in [0.29, 0.717) is 24.0 Å². The summed E-state index contributed by atoms with van der Waals surface area (Å²) < 4.78 is 11.1. The average molecular weight is 313 g/mol. The summed E-state index contributed by atoms with van der Waals surface area (Å²) in [5.41, 5.74) is 1.02. The lowest BCUT2D eigenvalue weighted by atomic mass is 10.0. The molecule has 1 N–H and O–H groups in total. The predicted octanol–water partition coefficient (Wildman–Crippen LogP) is 3.79. The standard InChI is InChI=1S/C16H21ClO4/c1-3-20-14-9-15(21-4-2)13(17)8-11(14)6-5-10-7-12(10)16(18)19/h8-10,12H,3-7H2,1-2H3,(H,18,19). The van der Waals surface area contributed by atoms with Crippen LogP contribution in [0.15, 0.2) is 12.1 Å². The number of rotatable bonds is 8. The molecule has 0 heterocycles. The van der Waals surface area contributed by atoms with Crippen LogP contribution in [0.3, 0.4) is 0 Å². The van der Waals surface area contributed by atoms with E-state index in [9.17, 15) is 4.79 Å². The second-order valence-corrected chi connectivity index (χ2v) is 5.64. The van der Waals surface area contributed by atoms with Crippen LogP contribution in [-0.4, -0.2) is 24.3 Å². The number of carboxylic acids is 1. The van der Waals surface area contributed by atoms with Crippen LogP contribution in [0.1, 0.15) is 32.3 Å². The first-order chi connectivity index (χ1) is 10.1. The number of aryl methyl sites for hydroxylation is 1. The Bertz CT molecular complexity index is 515. The predicted molar refractivity (Wildman–Crippen MR) is 81.3 cm³/mol. The first kappa shape index (κ1) is 16.0. The van der Waals surface area contributed by atoms with E-state index in [1.807, 2.05) is 26.0 Å². The van der Waals surface area contributed by atoms with Gasteiger partial charge < -0.3 is 14.6 Å². The van der Waals surface area contributed by atoms with Crippen molar-refractivity contribution in [3.05, 3.63) is 22.7 Å². The Morgan fingerprint density at radius 1 is 1.29 bits per heavy atom. The van der Waals surface area contributed by atoms with Crippen LogP contribution in [0, 0.1) is 11.8 Å². The average Bonchev–Trinajstić information content (AvgIpc) is 3.21. The molecule has 0 aliphatic heterocycles. The van der Waals surface area contributed by atoms with E-state index in [0.717, 1.165) is 30.6 Å². The van der Waals surface area contributed by atoms with Crippen LogP contribution >= 0.6 is 11.6 Å². The van der Waals surface area contributed by atoms with Crippen LogP contribution in [0.25, 0.3) is 0 Å². The molecule has 116 valence electrons. The molecule has 2 atom stereocenters. The second-order valence-electron chi connectivity index (χ2n) is 5.24. The fourth-order valence-corrected chi connectivity index (χ4v) is 2.78. The Hall–Kier alpha value is -1.42. The van der Waals surface area contributed by atoms with E-state index in [1.165, 1.54) is 0 Å². The SMILES string of the molecule is CCOc1cc(OCC)c(CCC2CC2C(=O)O)cc1Cl. The lowest BCUT2D eigenvalue weighted by molar-refractivity contribution is -0.138. The number of aliphatic carboxylic acids is 1. The highest BCUT2D eigenvalue weighted by Crippen LogP contribution is 2.43. The summed E-state index contributed by atoms with van der Waals surface area (Å²) in [7, 11) is 0. The third-order valence-electron chi connectivity index (χ3n) is 3.74. The molecule has 0 saturated heterocycles. The van der Waals surface area contributed by atoms with Gasteiger partial charge in [0.2, 0.25) is 0 Å². The molecule has 0 bridgehead atoms. The number of hydrogen-bond donors (Lipinski definition) is 1. The maximum Gasteiger partial charge on any atom is 0.306 e. The number of halogens is 1. The fourth-order valence-electron chi connectivity index (χ4n) is 2.54. The molecule has 0 radical (unpaired) electrons. The van der Waals surface area contributed by atoms with Gasteiger partial charge in [0.25, 0.3) is 0 Å². The van der Waals surface area contributed by atoms with E-state index >= 15 is 0 Å². The summed E-state index contributed by atoms with van der Waals surface area (Å²) in [6.45, 7) is 4.96. The van der Waals surface area contributed by atoms with Crippen molar-refractivity contribution in [2.24, 2.45) is 11.8 Å². The van der Waals surface area contributed by atoms with Gasteiger partial charge >= 0.3 is 5.97 Å². The summed E-state index contributed by atoms with van der Waals surface area (Å²) >= 11 is 6.22. The highest BCUT2D eigenvalue weighted by Gasteiger charge is 2.42. The number of carbonyl (C=O) groups is 1. The van der Waals surface area contributed by atoms with E-state index in [4.69, 9.17) is 26.2 Å². The van der Waals surface area contributed by atoms with Crippen LogP contribution in [0.2, 0.25) is 5.02 Å². The largest absolute Gasteiger partial charge is 0.493 e. The van der Waals surface area contributed by atoms with E-state index in [1.54, 1.807) is 0 Å². The molecule has 0 aromatic heterocycles. The first-order valence-corrected chi connectivity index (χ1v) is 7.75. The van der Waals surface area contributed by atoms with Gasteiger partial charge in [0.15, 0.2) is 0 Å². The van der Waals surface area contributed by atoms with Gasteiger partial charge in [-0.25, -0.2) is 0 Å². The summed E-state index contributed by atoms with van der Waals surface area (Å²) in [6, 6.07) is 3.70.